The maximum atomic E-state index is 12.7. The SMILES string of the molecule is CC(=O)C(C)N1C(=O)C2C(=Nc3oc(C)c[n+]32)N(C)C1=O. The van der Waals surface area contributed by atoms with Crippen LogP contribution in [0.1, 0.15) is 25.6 Å². The number of carbonyl (C=O) groups is 3. The zero-order valence-corrected chi connectivity index (χ0v) is 12.2. The summed E-state index contributed by atoms with van der Waals surface area (Å²) in [6.07, 6.45) is 1.66. The number of oxazole rings is 1. The van der Waals surface area contributed by atoms with Gasteiger partial charge in [-0.3, -0.25) is 14.5 Å². The minimum Gasteiger partial charge on any atom is -0.390 e. The molecular formula is C13H15N4O4+. The molecule has 0 aliphatic carbocycles. The predicted molar refractivity (Wildman–Crippen MR) is 69.9 cm³/mol. The molecule has 1 saturated heterocycles. The van der Waals surface area contributed by atoms with Crippen molar-refractivity contribution in [1.82, 2.24) is 9.80 Å². The van der Waals surface area contributed by atoms with Crippen molar-refractivity contribution in [2.45, 2.75) is 32.9 Å². The lowest BCUT2D eigenvalue weighted by Gasteiger charge is -2.34. The first-order chi connectivity index (χ1) is 9.82. The van der Waals surface area contributed by atoms with Crippen molar-refractivity contribution in [1.29, 1.82) is 0 Å². The van der Waals surface area contributed by atoms with Crippen LogP contribution in [0.25, 0.3) is 0 Å². The predicted octanol–water partition coefficient (Wildman–Crippen LogP) is 0.332. The number of fused-ring (bicyclic) bond motifs is 3. The molecule has 0 radical (unpaired) electrons. The highest BCUT2D eigenvalue weighted by Crippen LogP contribution is 2.29. The van der Waals surface area contributed by atoms with Crippen LogP contribution in [-0.2, 0) is 9.59 Å². The van der Waals surface area contributed by atoms with Crippen LogP contribution in [0.5, 0.6) is 0 Å². The van der Waals surface area contributed by atoms with Crippen LogP contribution in [0.3, 0.4) is 0 Å². The fraction of sp³-hybridized carbons (Fsp3) is 0.462. The van der Waals surface area contributed by atoms with Crippen LogP contribution >= 0.6 is 0 Å². The van der Waals surface area contributed by atoms with E-state index in [2.05, 4.69) is 4.99 Å². The number of likely N-dealkylation sites (N-methyl/N-ethyl adjacent to an activating group) is 1. The topological polar surface area (TPSA) is 87.1 Å². The van der Waals surface area contributed by atoms with Gasteiger partial charge in [0.1, 0.15) is 12.0 Å². The maximum Gasteiger partial charge on any atom is 0.506 e. The third-order valence-corrected chi connectivity index (χ3v) is 3.81. The summed E-state index contributed by atoms with van der Waals surface area (Å²) in [5.41, 5.74) is 0. The molecule has 1 aromatic rings. The Morgan fingerprint density at radius 3 is 2.76 bits per heavy atom. The zero-order chi connectivity index (χ0) is 15.5. The molecular weight excluding hydrogens is 276 g/mol. The first-order valence-electron chi connectivity index (χ1n) is 6.54. The normalized spacial score (nSPS) is 22.1. The molecule has 3 rings (SSSR count). The van der Waals surface area contributed by atoms with E-state index in [1.165, 1.54) is 25.8 Å². The van der Waals surface area contributed by atoms with E-state index in [0.717, 1.165) is 4.90 Å². The average Bonchev–Trinajstić information content (AvgIpc) is 2.91. The summed E-state index contributed by atoms with van der Waals surface area (Å²) < 4.78 is 6.97. The summed E-state index contributed by atoms with van der Waals surface area (Å²) in [4.78, 5) is 43.0. The number of rotatable bonds is 2. The highest BCUT2D eigenvalue weighted by molar-refractivity contribution is 6.20. The molecule has 1 fully saturated rings. The number of amides is 3. The van der Waals surface area contributed by atoms with Gasteiger partial charge in [-0.1, -0.05) is 0 Å². The van der Waals surface area contributed by atoms with Gasteiger partial charge >= 0.3 is 12.0 Å². The molecule has 110 valence electrons. The highest BCUT2D eigenvalue weighted by Gasteiger charge is 2.56. The Morgan fingerprint density at radius 2 is 2.14 bits per heavy atom. The molecule has 0 spiro atoms. The third kappa shape index (κ3) is 1.71. The van der Waals surface area contributed by atoms with Crippen LogP contribution in [0.15, 0.2) is 15.6 Å². The lowest BCUT2D eigenvalue weighted by atomic mass is 10.1. The second kappa shape index (κ2) is 4.24. The molecule has 3 amide bonds. The summed E-state index contributed by atoms with van der Waals surface area (Å²) in [5, 5.41) is 0. The minimum atomic E-state index is -0.813. The van der Waals surface area contributed by atoms with E-state index < -0.39 is 24.0 Å². The second-order valence-corrected chi connectivity index (χ2v) is 5.24. The molecule has 0 N–H and O–H groups in total. The number of carbonyl (C=O) groups excluding carboxylic acids is 3. The first kappa shape index (κ1) is 13.5. The fourth-order valence-corrected chi connectivity index (χ4v) is 2.53. The number of hydrogen-bond donors (Lipinski definition) is 0. The van der Waals surface area contributed by atoms with Crippen molar-refractivity contribution in [2.24, 2.45) is 4.99 Å². The zero-order valence-electron chi connectivity index (χ0n) is 12.2. The molecule has 2 aliphatic heterocycles. The molecule has 2 atom stereocenters. The van der Waals surface area contributed by atoms with Crippen LogP contribution in [0, 0.1) is 6.92 Å². The summed E-state index contributed by atoms with van der Waals surface area (Å²) in [5.74, 6) is 0.211. The lowest BCUT2D eigenvalue weighted by molar-refractivity contribution is -0.679. The van der Waals surface area contributed by atoms with Gasteiger partial charge in [-0.15, -0.1) is 0 Å². The molecule has 21 heavy (non-hydrogen) atoms. The van der Waals surface area contributed by atoms with Gasteiger partial charge < -0.3 is 4.42 Å². The minimum absolute atomic E-state index is 0.253. The third-order valence-electron chi connectivity index (χ3n) is 3.81. The van der Waals surface area contributed by atoms with E-state index in [0.29, 0.717) is 11.6 Å². The van der Waals surface area contributed by atoms with Crippen LogP contribution in [0.2, 0.25) is 0 Å². The highest BCUT2D eigenvalue weighted by atomic mass is 16.4. The van der Waals surface area contributed by atoms with Gasteiger partial charge in [-0.2, -0.15) is 4.57 Å². The fourth-order valence-electron chi connectivity index (χ4n) is 2.53. The van der Waals surface area contributed by atoms with Crippen molar-refractivity contribution in [3.63, 3.8) is 0 Å². The van der Waals surface area contributed by atoms with E-state index in [9.17, 15) is 14.4 Å². The van der Waals surface area contributed by atoms with Crippen molar-refractivity contribution in [3.8, 4) is 0 Å². The Balaban J connectivity index is 2.09. The van der Waals surface area contributed by atoms with Crippen LogP contribution < -0.4 is 4.57 Å². The van der Waals surface area contributed by atoms with Gasteiger partial charge in [-0.05, 0) is 20.8 Å². The van der Waals surface area contributed by atoms with Crippen molar-refractivity contribution < 1.29 is 23.4 Å². The summed E-state index contributed by atoms with van der Waals surface area (Å²) in [6.45, 7) is 4.64. The average molecular weight is 291 g/mol. The Labute approximate surface area is 120 Å². The smallest absolute Gasteiger partial charge is 0.390 e. The van der Waals surface area contributed by atoms with Crippen molar-refractivity contribution in [3.05, 3.63) is 12.0 Å². The van der Waals surface area contributed by atoms with Crippen LogP contribution in [-0.4, -0.2) is 46.4 Å². The molecule has 8 heteroatoms. The maximum absolute atomic E-state index is 12.7. The largest absolute Gasteiger partial charge is 0.506 e. The molecule has 0 saturated carbocycles. The second-order valence-electron chi connectivity index (χ2n) is 5.24. The number of ketones is 1. The lowest BCUT2D eigenvalue weighted by Crippen LogP contribution is -2.65. The van der Waals surface area contributed by atoms with Gasteiger partial charge in [-0.25, -0.2) is 9.69 Å². The Kier molecular flexibility index (Phi) is 2.72. The number of aliphatic imine (C=N–C) groups is 1. The summed E-state index contributed by atoms with van der Waals surface area (Å²) in [6, 6.07) is -1.85. The van der Waals surface area contributed by atoms with Crippen molar-refractivity contribution >= 4 is 29.6 Å². The van der Waals surface area contributed by atoms with Gasteiger partial charge in [0.05, 0.1) is 6.04 Å². The standard InChI is InChI=1S/C13H15N4O4/c1-6-5-16-9-10(14-12(16)21-6)15(4)13(20)17(11(9)19)7(2)8(3)18/h5,7,9H,1-4H3/q+1. The number of nitrogens with zero attached hydrogens (tertiary/aromatic N) is 4. The molecule has 0 aromatic carbocycles. The monoisotopic (exact) mass is 291 g/mol. The van der Waals surface area contributed by atoms with Gasteiger partial charge in [0.15, 0.2) is 5.78 Å². The number of urea groups is 1. The number of aryl methyl sites for hydroxylation is 1. The van der Waals surface area contributed by atoms with Gasteiger partial charge in [0, 0.05) is 12.0 Å². The molecule has 2 aliphatic rings. The van der Waals surface area contributed by atoms with E-state index in [4.69, 9.17) is 4.42 Å². The Bertz CT molecular complexity index is 705. The number of aromatic nitrogens is 1. The van der Waals surface area contributed by atoms with E-state index in [-0.39, 0.29) is 11.8 Å². The Hall–Kier alpha value is -2.51. The number of hydrogen-bond acceptors (Lipinski definition) is 5. The number of amidine groups is 1. The molecule has 2 unspecified atom stereocenters. The van der Waals surface area contributed by atoms with E-state index >= 15 is 0 Å². The van der Waals surface area contributed by atoms with Gasteiger partial charge in [0.25, 0.3) is 17.8 Å². The number of imide groups is 1. The molecule has 8 nitrogen and oxygen atoms in total. The van der Waals surface area contributed by atoms with Crippen LogP contribution in [0.4, 0.5) is 10.8 Å². The quantitative estimate of drug-likeness (QED) is 0.735. The molecule has 0 bridgehead atoms. The molecule has 1 aromatic heterocycles. The van der Waals surface area contributed by atoms with E-state index in [1.54, 1.807) is 17.7 Å². The van der Waals surface area contributed by atoms with E-state index in [1.807, 2.05) is 0 Å². The summed E-state index contributed by atoms with van der Waals surface area (Å²) >= 11 is 0. The Morgan fingerprint density at radius 1 is 1.48 bits per heavy atom. The number of Topliss-reactive ketones (excluding diaryl/α,β-unsaturated/α-hetero) is 1. The van der Waals surface area contributed by atoms with Crippen molar-refractivity contribution in [2.75, 3.05) is 7.05 Å². The van der Waals surface area contributed by atoms with Gasteiger partial charge in [0.2, 0.25) is 0 Å². The molecule has 3 heterocycles. The first-order valence-corrected chi connectivity index (χ1v) is 6.54. The summed E-state index contributed by atoms with van der Waals surface area (Å²) in [7, 11) is 1.53.